The Balaban J connectivity index is 2.30. The van der Waals surface area contributed by atoms with Crippen LogP contribution in [0.3, 0.4) is 0 Å². The topological polar surface area (TPSA) is 54.5 Å². The number of halogens is 1. The third-order valence-electron chi connectivity index (χ3n) is 3.87. The highest BCUT2D eigenvalue weighted by atomic mass is 35.7. The average Bonchev–Trinajstić information content (AvgIpc) is 2.86. The highest BCUT2D eigenvalue weighted by molar-refractivity contribution is 8.13. The minimum atomic E-state index is -3.81. The van der Waals surface area contributed by atoms with Gasteiger partial charge in [-0.25, -0.2) is 8.42 Å². The summed E-state index contributed by atoms with van der Waals surface area (Å²) in [5.41, 5.74) is 1.18. The maximum Gasteiger partial charge on any atom is 0.261 e. The van der Waals surface area contributed by atoms with Crippen molar-refractivity contribution >= 4 is 25.6 Å². The van der Waals surface area contributed by atoms with Gasteiger partial charge < -0.3 is 4.90 Å². The van der Waals surface area contributed by atoms with Gasteiger partial charge in [0.05, 0.1) is 4.90 Å². The van der Waals surface area contributed by atoms with Crippen LogP contribution < -0.4 is 0 Å². The van der Waals surface area contributed by atoms with Gasteiger partial charge in [0.2, 0.25) is 0 Å². The number of nitrogens with zero attached hydrogens (tertiary/aromatic N) is 1. The molecule has 0 radical (unpaired) electrons. The van der Waals surface area contributed by atoms with E-state index >= 15 is 0 Å². The van der Waals surface area contributed by atoms with E-state index in [1.54, 1.807) is 17.9 Å². The van der Waals surface area contributed by atoms with Gasteiger partial charge in [-0.3, -0.25) is 4.79 Å². The number of hydrogen-bond donors (Lipinski definition) is 0. The number of rotatable bonds is 3. The lowest BCUT2D eigenvalue weighted by atomic mass is 10.1. The Morgan fingerprint density at radius 1 is 1.45 bits per heavy atom. The SMILES string of the molecule is CCC1CCN(C(=O)c2cc(S(=O)(=O)Cl)ccc2C)C1. The van der Waals surface area contributed by atoms with Crippen LogP contribution in [0.1, 0.15) is 35.7 Å². The number of amides is 1. The zero-order chi connectivity index (χ0) is 14.9. The number of carbonyl (C=O) groups is 1. The molecule has 1 aliphatic rings. The first-order chi connectivity index (χ1) is 9.32. The van der Waals surface area contributed by atoms with E-state index in [0.29, 0.717) is 11.5 Å². The maximum atomic E-state index is 12.5. The van der Waals surface area contributed by atoms with E-state index in [2.05, 4.69) is 6.92 Å². The monoisotopic (exact) mass is 315 g/mol. The molecule has 4 nitrogen and oxygen atoms in total. The van der Waals surface area contributed by atoms with E-state index < -0.39 is 9.05 Å². The smallest absolute Gasteiger partial charge is 0.261 e. The average molecular weight is 316 g/mol. The Bertz CT molecular complexity index is 627. The van der Waals surface area contributed by atoms with Crippen LogP contribution in [0.25, 0.3) is 0 Å². The molecule has 1 heterocycles. The number of carbonyl (C=O) groups excluding carboxylic acids is 1. The second kappa shape index (κ2) is 5.74. The first kappa shape index (κ1) is 15.3. The van der Waals surface area contributed by atoms with Gasteiger partial charge >= 0.3 is 0 Å². The van der Waals surface area contributed by atoms with Crippen molar-refractivity contribution in [3.05, 3.63) is 29.3 Å². The van der Waals surface area contributed by atoms with E-state index in [4.69, 9.17) is 10.7 Å². The lowest BCUT2D eigenvalue weighted by Crippen LogP contribution is -2.29. The van der Waals surface area contributed by atoms with Gasteiger partial charge in [0, 0.05) is 29.3 Å². The summed E-state index contributed by atoms with van der Waals surface area (Å²) in [5.74, 6) is 0.430. The number of likely N-dealkylation sites (tertiary alicyclic amines) is 1. The molecule has 1 saturated heterocycles. The van der Waals surface area contributed by atoms with Crippen molar-refractivity contribution in [2.45, 2.75) is 31.6 Å². The second-order valence-electron chi connectivity index (χ2n) is 5.23. The van der Waals surface area contributed by atoms with Crippen molar-refractivity contribution < 1.29 is 13.2 Å². The van der Waals surface area contributed by atoms with Crippen LogP contribution in [0.2, 0.25) is 0 Å². The quantitative estimate of drug-likeness (QED) is 0.806. The van der Waals surface area contributed by atoms with Crippen LogP contribution in [0, 0.1) is 12.8 Å². The summed E-state index contributed by atoms with van der Waals surface area (Å²) in [4.78, 5) is 14.3. The van der Waals surface area contributed by atoms with Crippen LogP contribution >= 0.6 is 10.7 Å². The molecule has 1 atom stereocenters. The van der Waals surface area contributed by atoms with Crippen LogP contribution in [-0.2, 0) is 9.05 Å². The molecule has 2 rings (SSSR count). The Morgan fingerprint density at radius 2 is 2.15 bits per heavy atom. The van der Waals surface area contributed by atoms with Gasteiger partial charge in [-0.2, -0.15) is 0 Å². The molecular formula is C14H18ClNO3S. The first-order valence-electron chi connectivity index (χ1n) is 6.67. The Labute approximate surface area is 124 Å². The zero-order valence-corrected chi connectivity index (χ0v) is 13.2. The van der Waals surface area contributed by atoms with Crippen molar-refractivity contribution in [3.8, 4) is 0 Å². The standard InChI is InChI=1S/C14H18ClNO3S/c1-3-11-6-7-16(9-11)14(17)13-8-12(20(15,18)19)5-4-10(13)2/h4-5,8,11H,3,6-7,9H2,1-2H3. The molecule has 0 bridgehead atoms. The molecule has 110 valence electrons. The molecule has 0 saturated carbocycles. The molecule has 1 fully saturated rings. The maximum absolute atomic E-state index is 12.5. The Kier molecular flexibility index (Phi) is 4.39. The van der Waals surface area contributed by atoms with Gasteiger partial charge in [-0.1, -0.05) is 19.4 Å². The summed E-state index contributed by atoms with van der Waals surface area (Å²) in [5, 5.41) is 0. The van der Waals surface area contributed by atoms with Crippen molar-refractivity contribution in [2.75, 3.05) is 13.1 Å². The fourth-order valence-corrected chi connectivity index (χ4v) is 3.28. The minimum absolute atomic E-state index is 0.0284. The summed E-state index contributed by atoms with van der Waals surface area (Å²) < 4.78 is 22.8. The minimum Gasteiger partial charge on any atom is -0.338 e. The largest absolute Gasteiger partial charge is 0.338 e. The van der Waals surface area contributed by atoms with E-state index in [1.807, 2.05) is 0 Å². The summed E-state index contributed by atoms with van der Waals surface area (Å²) >= 11 is 0. The van der Waals surface area contributed by atoms with Crippen LogP contribution in [0.4, 0.5) is 0 Å². The zero-order valence-electron chi connectivity index (χ0n) is 11.6. The molecule has 1 aromatic carbocycles. The lowest BCUT2D eigenvalue weighted by Gasteiger charge is -2.18. The second-order valence-corrected chi connectivity index (χ2v) is 7.79. The number of benzene rings is 1. The van der Waals surface area contributed by atoms with Gasteiger partial charge in [0.15, 0.2) is 0 Å². The third kappa shape index (κ3) is 3.15. The molecule has 6 heteroatoms. The fraction of sp³-hybridized carbons (Fsp3) is 0.500. The molecule has 1 aromatic rings. The predicted molar refractivity (Wildman–Crippen MR) is 78.5 cm³/mol. The fourth-order valence-electron chi connectivity index (χ4n) is 2.50. The van der Waals surface area contributed by atoms with Crippen LogP contribution in [0.5, 0.6) is 0 Å². The molecule has 20 heavy (non-hydrogen) atoms. The van der Waals surface area contributed by atoms with Gasteiger partial charge in [-0.15, -0.1) is 0 Å². The van der Waals surface area contributed by atoms with Crippen molar-refractivity contribution in [1.82, 2.24) is 4.90 Å². The summed E-state index contributed by atoms with van der Waals surface area (Å²) in [7, 11) is 1.53. The summed E-state index contributed by atoms with van der Waals surface area (Å²) in [6.45, 7) is 5.39. The van der Waals surface area contributed by atoms with Crippen molar-refractivity contribution in [3.63, 3.8) is 0 Å². The van der Waals surface area contributed by atoms with E-state index in [-0.39, 0.29) is 10.8 Å². The lowest BCUT2D eigenvalue weighted by molar-refractivity contribution is 0.0786. The van der Waals surface area contributed by atoms with Gasteiger partial charge in [0.1, 0.15) is 0 Å². The Morgan fingerprint density at radius 3 is 2.70 bits per heavy atom. The summed E-state index contributed by atoms with van der Waals surface area (Å²) in [6.07, 6.45) is 2.06. The highest BCUT2D eigenvalue weighted by Crippen LogP contribution is 2.24. The molecule has 0 aromatic heterocycles. The van der Waals surface area contributed by atoms with E-state index in [9.17, 15) is 13.2 Å². The molecule has 0 aliphatic carbocycles. The van der Waals surface area contributed by atoms with Gasteiger partial charge in [0.25, 0.3) is 15.0 Å². The highest BCUT2D eigenvalue weighted by Gasteiger charge is 2.27. The number of aryl methyl sites for hydroxylation is 1. The molecular weight excluding hydrogens is 298 g/mol. The molecule has 1 unspecified atom stereocenters. The number of hydrogen-bond acceptors (Lipinski definition) is 3. The van der Waals surface area contributed by atoms with Crippen molar-refractivity contribution in [1.29, 1.82) is 0 Å². The molecule has 0 spiro atoms. The van der Waals surface area contributed by atoms with Crippen LogP contribution in [0.15, 0.2) is 23.1 Å². The van der Waals surface area contributed by atoms with Crippen LogP contribution in [-0.4, -0.2) is 32.3 Å². The summed E-state index contributed by atoms with van der Waals surface area (Å²) in [6, 6.07) is 4.42. The molecule has 1 aliphatic heterocycles. The Hall–Kier alpha value is -1.07. The van der Waals surface area contributed by atoms with E-state index in [0.717, 1.165) is 31.5 Å². The molecule has 1 amide bonds. The third-order valence-corrected chi connectivity index (χ3v) is 5.22. The van der Waals surface area contributed by atoms with Crippen molar-refractivity contribution in [2.24, 2.45) is 5.92 Å². The van der Waals surface area contributed by atoms with Gasteiger partial charge in [-0.05, 0) is 37.0 Å². The predicted octanol–water partition coefficient (Wildman–Crippen LogP) is 2.79. The van der Waals surface area contributed by atoms with E-state index in [1.165, 1.54) is 12.1 Å². The normalized spacial score (nSPS) is 19.4. The molecule has 0 N–H and O–H groups in total. The first-order valence-corrected chi connectivity index (χ1v) is 8.98.